The summed E-state index contributed by atoms with van der Waals surface area (Å²) in [6, 6.07) is 12.9. The Balaban J connectivity index is 1.53. The molecule has 0 spiro atoms. The number of aryl methyl sites for hydroxylation is 1. The fourth-order valence-electron chi connectivity index (χ4n) is 4.93. The van der Waals surface area contributed by atoms with Crippen LogP contribution in [-0.4, -0.2) is 51.9 Å². The predicted molar refractivity (Wildman–Crippen MR) is 137 cm³/mol. The molecule has 0 aromatic heterocycles. The Hall–Kier alpha value is -2.58. The van der Waals surface area contributed by atoms with Gasteiger partial charge in [0.15, 0.2) is 0 Å². The van der Waals surface area contributed by atoms with E-state index >= 15 is 0 Å². The van der Waals surface area contributed by atoms with Gasteiger partial charge in [0.2, 0.25) is 15.9 Å². The van der Waals surface area contributed by atoms with Gasteiger partial charge in [-0.2, -0.15) is 4.31 Å². The molecule has 2 aromatic carbocycles. The molecule has 0 radical (unpaired) electrons. The zero-order valence-electron chi connectivity index (χ0n) is 20.4. The maximum atomic E-state index is 13.2. The molecule has 2 atom stereocenters. The van der Waals surface area contributed by atoms with Gasteiger partial charge in [0, 0.05) is 27.2 Å². The predicted octanol–water partition coefficient (Wildman–Crippen LogP) is 3.92. The molecule has 184 valence electrons. The third-order valence-corrected chi connectivity index (χ3v) is 8.75. The lowest BCUT2D eigenvalue weighted by Gasteiger charge is -2.29. The maximum Gasteiger partial charge on any atom is 0.243 e. The summed E-state index contributed by atoms with van der Waals surface area (Å²) in [4.78, 5) is 15.3. The first-order chi connectivity index (χ1) is 16.3. The van der Waals surface area contributed by atoms with Gasteiger partial charge in [0.1, 0.15) is 6.04 Å². The van der Waals surface area contributed by atoms with E-state index in [9.17, 15) is 13.2 Å². The zero-order valence-corrected chi connectivity index (χ0v) is 21.2. The SMILES string of the molecule is C[C@H](Nc1cc(S(=O)(=O)N2CCCCC2)ccc1N(C)C)C(=O)N[C@H]1CCCc2ccccc21. The van der Waals surface area contributed by atoms with Crippen molar-refractivity contribution in [2.24, 2.45) is 0 Å². The standard InChI is InChI=1S/C26H36N4O3S/c1-19(26(31)28-23-13-9-11-20-10-5-6-12-22(20)23)27-24-18-21(14-15-25(24)29(2)3)34(32,33)30-16-7-4-8-17-30/h5-6,10,12,14-15,18-19,23,27H,4,7-9,11,13,16-17H2,1-3H3,(H,28,31)/t19-,23-/m0/s1. The second kappa shape index (κ2) is 10.4. The highest BCUT2D eigenvalue weighted by Gasteiger charge is 2.28. The number of nitrogens with one attached hydrogen (secondary N) is 2. The molecule has 2 aliphatic rings. The Morgan fingerprint density at radius 2 is 1.79 bits per heavy atom. The van der Waals surface area contributed by atoms with Gasteiger partial charge >= 0.3 is 0 Å². The Morgan fingerprint density at radius 1 is 1.06 bits per heavy atom. The first-order valence-electron chi connectivity index (χ1n) is 12.2. The van der Waals surface area contributed by atoms with E-state index in [1.807, 2.05) is 38.1 Å². The van der Waals surface area contributed by atoms with E-state index in [-0.39, 0.29) is 16.8 Å². The average Bonchev–Trinajstić information content (AvgIpc) is 2.84. The van der Waals surface area contributed by atoms with Crippen molar-refractivity contribution in [1.82, 2.24) is 9.62 Å². The van der Waals surface area contributed by atoms with Crippen molar-refractivity contribution < 1.29 is 13.2 Å². The molecule has 4 rings (SSSR count). The average molecular weight is 485 g/mol. The molecule has 0 unspecified atom stereocenters. The molecule has 0 bridgehead atoms. The van der Waals surface area contributed by atoms with Crippen LogP contribution in [0.25, 0.3) is 0 Å². The molecule has 1 aliphatic heterocycles. The van der Waals surface area contributed by atoms with Crippen LogP contribution in [0.2, 0.25) is 0 Å². The lowest BCUT2D eigenvalue weighted by Crippen LogP contribution is -2.40. The van der Waals surface area contributed by atoms with E-state index in [0.29, 0.717) is 18.8 Å². The van der Waals surface area contributed by atoms with Gasteiger partial charge in [-0.25, -0.2) is 8.42 Å². The number of rotatable bonds is 7. The van der Waals surface area contributed by atoms with Gasteiger partial charge < -0.3 is 15.5 Å². The van der Waals surface area contributed by atoms with Crippen molar-refractivity contribution in [3.63, 3.8) is 0 Å². The summed E-state index contributed by atoms with van der Waals surface area (Å²) < 4.78 is 28.0. The molecule has 2 aromatic rings. The molecular weight excluding hydrogens is 448 g/mol. The quantitative estimate of drug-likeness (QED) is 0.623. The molecule has 0 saturated carbocycles. The van der Waals surface area contributed by atoms with Crippen LogP contribution in [0.15, 0.2) is 47.4 Å². The number of carbonyl (C=O) groups excluding carboxylic acids is 1. The monoisotopic (exact) mass is 484 g/mol. The lowest BCUT2D eigenvalue weighted by molar-refractivity contribution is -0.122. The molecule has 34 heavy (non-hydrogen) atoms. The molecule has 1 amide bonds. The van der Waals surface area contributed by atoms with Crippen LogP contribution in [0.1, 0.15) is 56.2 Å². The van der Waals surface area contributed by atoms with Gasteiger partial charge in [-0.15, -0.1) is 0 Å². The molecule has 1 fully saturated rings. The normalized spacial score (nSPS) is 19.7. The Kier molecular flexibility index (Phi) is 7.48. The highest BCUT2D eigenvalue weighted by Crippen LogP contribution is 2.32. The van der Waals surface area contributed by atoms with E-state index in [4.69, 9.17) is 0 Å². The minimum Gasteiger partial charge on any atom is -0.376 e. The molecule has 7 nitrogen and oxygen atoms in total. The fourth-order valence-corrected chi connectivity index (χ4v) is 6.48. The third-order valence-electron chi connectivity index (χ3n) is 6.85. The van der Waals surface area contributed by atoms with Gasteiger partial charge in [0.25, 0.3) is 0 Å². The largest absolute Gasteiger partial charge is 0.376 e. The Labute approximate surface area is 203 Å². The van der Waals surface area contributed by atoms with Gasteiger partial charge in [-0.05, 0) is 68.4 Å². The fraction of sp³-hybridized carbons (Fsp3) is 0.500. The summed E-state index contributed by atoms with van der Waals surface area (Å²) >= 11 is 0. The first kappa shape index (κ1) is 24.5. The number of anilines is 2. The van der Waals surface area contributed by atoms with Crippen molar-refractivity contribution in [3.8, 4) is 0 Å². The van der Waals surface area contributed by atoms with Crippen molar-refractivity contribution in [3.05, 3.63) is 53.6 Å². The lowest BCUT2D eigenvalue weighted by atomic mass is 9.87. The van der Waals surface area contributed by atoms with Crippen LogP contribution in [0.3, 0.4) is 0 Å². The van der Waals surface area contributed by atoms with E-state index in [2.05, 4.69) is 22.8 Å². The van der Waals surface area contributed by atoms with Gasteiger partial charge in [-0.1, -0.05) is 30.7 Å². The van der Waals surface area contributed by atoms with Crippen LogP contribution in [-0.2, 0) is 21.2 Å². The van der Waals surface area contributed by atoms with E-state index in [0.717, 1.165) is 44.2 Å². The molecular formula is C26H36N4O3S. The maximum absolute atomic E-state index is 13.2. The van der Waals surface area contributed by atoms with Gasteiger partial charge in [-0.3, -0.25) is 4.79 Å². The second-order valence-electron chi connectivity index (χ2n) is 9.56. The van der Waals surface area contributed by atoms with Crippen molar-refractivity contribution >= 4 is 27.3 Å². The zero-order chi connectivity index (χ0) is 24.3. The minimum atomic E-state index is -3.56. The summed E-state index contributed by atoms with van der Waals surface area (Å²) in [7, 11) is 0.247. The third kappa shape index (κ3) is 5.23. The summed E-state index contributed by atoms with van der Waals surface area (Å²) in [5, 5.41) is 6.48. The number of nitrogens with zero attached hydrogens (tertiary/aromatic N) is 2. The Morgan fingerprint density at radius 3 is 2.53 bits per heavy atom. The van der Waals surface area contributed by atoms with Gasteiger partial charge in [0.05, 0.1) is 22.3 Å². The number of fused-ring (bicyclic) bond motifs is 1. The second-order valence-corrected chi connectivity index (χ2v) is 11.5. The Bertz CT molecular complexity index is 1130. The topological polar surface area (TPSA) is 81.8 Å². The van der Waals surface area contributed by atoms with Crippen molar-refractivity contribution in [2.45, 2.75) is 62.4 Å². The number of carbonyl (C=O) groups is 1. The van der Waals surface area contributed by atoms with E-state index < -0.39 is 16.1 Å². The van der Waals surface area contributed by atoms with Crippen molar-refractivity contribution in [1.29, 1.82) is 0 Å². The molecule has 1 saturated heterocycles. The summed E-state index contributed by atoms with van der Waals surface area (Å²) in [6.45, 7) is 2.93. The first-order valence-corrected chi connectivity index (χ1v) is 13.7. The highest BCUT2D eigenvalue weighted by atomic mass is 32.2. The molecule has 2 N–H and O–H groups in total. The smallest absolute Gasteiger partial charge is 0.243 e. The highest BCUT2D eigenvalue weighted by molar-refractivity contribution is 7.89. The number of amides is 1. The number of benzene rings is 2. The molecule has 1 aliphatic carbocycles. The molecule has 1 heterocycles. The van der Waals surface area contributed by atoms with E-state index in [1.165, 1.54) is 11.1 Å². The summed E-state index contributed by atoms with van der Waals surface area (Å²) in [5.74, 6) is -0.101. The summed E-state index contributed by atoms with van der Waals surface area (Å²) in [5.41, 5.74) is 3.96. The number of hydrogen-bond donors (Lipinski definition) is 2. The van der Waals surface area contributed by atoms with Crippen LogP contribution in [0.5, 0.6) is 0 Å². The van der Waals surface area contributed by atoms with Crippen LogP contribution in [0.4, 0.5) is 11.4 Å². The number of piperidine rings is 1. The van der Waals surface area contributed by atoms with Crippen LogP contribution >= 0.6 is 0 Å². The molecule has 8 heteroatoms. The van der Waals surface area contributed by atoms with Crippen LogP contribution in [0, 0.1) is 0 Å². The number of sulfonamides is 1. The van der Waals surface area contributed by atoms with Crippen molar-refractivity contribution in [2.75, 3.05) is 37.4 Å². The minimum absolute atomic E-state index is 0.000771. The van der Waals surface area contributed by atoms with E-state index in [1.54, 1.807) is 22.5 Å². The summed E-state index contributed by atoms with van der Waals surface area (Å²) in [6.07, 6.45) is 5.85. The van der Waals surface area contributed by atoms with Crippen LogP contribution < -0.4 is 15.5 Å². The number of hydrogen-bond acceptors (Lipinski definition) is 5.